The van der Waals surface area contributed by atoms with Gasteiger partial charge in [-0.05, 0) is 23.7 Å². The highest BCUT2D eigenvalue weighted by molar-refractivity contribution is 7.99. The molecule has 2 atom stereocenters. The molecule has 21 heavy (non-hydrogen) atoms. The van der Waals surface area contributed by atoms with E-state index < -0.39 is 12.0 Å². The Morgan fingerprint density at radius 2 is 1.95 bits per heavy atom. The predicted molar refractivity (Wildman–Crippen MR) is 86.5 cm³/mol. The molecule has 0 saturated carbocycles. The smallest absolute Gasteiger partial charge is 0.326 e. The van der Waals surface area contributed by atoms with Crippen molar-refractivity contribution in [2.45, 2.75) is 32.7 Å². The van der Waals surface area contributed by atoms with Gasteiger partial charge in [-0.15, -0.1) is 0 Å². The second-order valence-electron chi connectivity index (χ2n) is 5.06. The van der Waals surface area contributed by atoms with Gasteiger partial charge in [0.15, 0.2) is 0 Å². The largest absolute Gasteiger partial charge is 0.480 e. The summed E-state index contributed by atoms with van der Waals surface area (Å²) in [5.41, 5.74) is 1.24. The van der Waals surface area contributed by atoms with E-state index in [2.05, 4.69) is 17.4 Å². The molecule has 0 aliphatic heterocycles. The van der Waals surface area contributed by atoms with Crippen molar-refractivity contribution >= 4 is 23.6 Å². The third-order valence-corrected chi connectivity index (χ3v) is 4.37. The Bertz CT molecular complexity index is 450. The SMILES string of the molecule is CC[C@H](C)[C@H](NC(=O)CSCCc1ccccc1)C(=O)O. The number of hydrogen-bond donors (Lipinski definition) is 2. The molecule has 4 nitrogen and oxygen atoms in total. The molecule has 1 rings (SSSR count). The van der Waals surface area contributed by atoms with Gasteiger partial charge in [0.2, 0.25) is 5.91 Å². The molecule has 1 amide bonds. The van der Waals surface area contributed by atoms with Gasteiger partial charge in [0.25, 0.3) is 0 Å². The Labute approximate surface area is 130 Å². The fraction of sp³-hybridized carbons (Fsp3) is 0.500. The van der Waals surface area contributed by atoms with Crippen LogP contribution in [0, 0.1) is 5.92 Å². The standard InChI is InChI=1S/C16H23NO3S/c1-3-12(2)15(16(19)20)17-14(18)11-21-10-9-13-7-5-4-6-8-13/h4-8,12,15H,3,9-11H2,1-2H3,(H,17,18)(H,19,20)/t12-,15-/m0/s1. The molecule has 5 heteroatoms. The van der Waals surface area contributed by atoms with Crippen molar-refractivity contribution in [1.82, 2.24) is 5.32 Å². The summed E-state index contributed by atoms with van der Waals surface area (Å²) in [6.45, 7) is 3.75. The van der Waals surface area contributed by atoms with Crippen molar-refractivity contribution in [2.75, 3.05) is 11.5 Å². The zero-order chi connectivity index (χ0) is 15.7. The average Bonchev–Trinajstić information content (AvgIpc) is 2.49. The number of rotatable bonds is 9. The summed E-state index contributed by atoms with van der Waals surface area (Å²) in [5.74, 6) is -0.0977. The molecule has 0 spiro atoms. The number of carbonyl (C=O) groups is 2. The van der Waals surface area contributed by atoms with Crippen molar-refractivity contribution in [3.8, 4) is 0 Å². The number of aliphatic carboxylic acids is 1. The molecule has 1 aromatic carbocycles. The van der Waals surface area contributed by atoms with Crippen molar-refractivity contribution in [1.29, 1.82) is 0 Å². The van der Waals surface area contributed by atoms with Gasteiger partial charge in [-0.25, -0.2) is 4.79 Å². The summed E-state index contributed by atoms with van der Waals surface area (Å²) in [6.07, 6.45) is 1.63. The fourth-order valence-corrected chi connectivity index (χ4v) is 2.69. The number of carboxylic acids is 1. The summed E-state index contributed by atoms with van der Waals surface area (Å²) < 4.78 is 0. The number of aryl methyl sites for hydroxylation is 1. The quantitative estimate of drug-likeness (QED) is 0.688. The second kappa shape index (κ2) is 9.45. The van der Waals surface area contributed by atoms with Crippen LogP contribution in [0.3, 0.4) is 0 Å². The number of carboxylic acid groups (broad SMARTS) is 1. The van der Waals surface area contributed by atoms with Crippen molar-refractivity contribution in [3.05, 3.63) is 35.9 Å². The molecule has 0 aliphatic carbocycles. The number of amides is 1. The minimum atomic E-state index is -0.966. The number of thioether (sulfide) groups is 1. The Balaban J connectivity index is 2.28. The maximum Gasteiger partial charge on any atom is 0.326 e. The Kier molecular flexibility index (Phi) is 7.90. The lowest BCUT2D eigenvalue weighted by molar-refractivity contribution is -0.143. The first-order chi connectivity index (χ1) is 10.0. The predicted octanol–water partition coefficient (Wildman–Crippen LogP) is 2.58. The van der Waals surface area contributed by atoms with E-state index in [4.69, 9.17) is 5.11 Å². The molecule has 0 aromatic heterocycles. The minimum absolute atomic E-state index is 0.0687. The molecule has 0 radical (unpaired) electrons. The van der Waals surface area contributed by atoms with E-state index in [1.807, 2.05) is 32.0 Å². The minimum Gasteiger partial charge on any atom is -0.480 e. The molecule has 1 aromatic rings. The van der Waals surface area contributed by atoms with E-state index in [1.165, 1.54) is 17.3 Å². The lowest BCUT2D eigenvalue weighted by atomic mass is 9.99. The zero-order valence-electron chi connectivity index (χ0n) is 12.5. The Morgan fingerprint density at radius 3 is 2.52 bits per heavy atom. The van der Waals surface area contributed by atoms with E-state index >= 15 is 0 Å². The van der Waals surface area contributed by atoms with Gasteiger partial charge in [0.1, 0.15) is 6.04 Å². The van der Waals surface area contributed by atoms with E-state index in [0.717, 1.165) is 18.6 Å². The van der Waals surface area contributed by atoms with Crippen LogP contribution >= 0.6 is 11.8 Å². The van der Waals surface area contributed by atoms with E-state index in [0.29, 0.717) is 5.75 Å². The molecule has 0 heterocycles. The van der Waals surface area contributed by atoms with Gasteiger partial charge in [-0.2, -0.15) is 11.8 Å². The van der Waals surface area contributed by atoms with Gasteiger partial charge in [0.05, 0.1) is 5.75 Å². The lowest BCUT2D eigenvalue weighted by Crippen LogP contribution is -2.45. The lowest BCUT2D eigenvalue weighted by Gasteiger charge is -2.19. The molecule has 0 aliphatic rings. The van der Waals surface area contributed by atoms with Crippen LogP contribution in [0.1, 0.15) is 25.8 Å². The molecule has 0 unspecified atom stereocenters. The summed E-state index contributed by atoms with van der Waals surface area (Å²) in [5, 5.41) is 11.7. The summed E-state index contributed by atoms with van der Waals surface area (Å²) in [7, 11) is 0. The highest BCUT2D eigenvalue weighted by atomic mass is 32.2. The maximum absolute atomic E-state index is 11.8. The van der Waals surface area contributed by atoms with E-state index in [1.54, 1.807) is 0 Å². The number of carbonyl (C=O) groups excluding carboxylic acids is 1. The van der Waals surface area contributed by atoms with Crippen LogP contribution in [0.25, 0.3) is 0 Å². The average molecular weight is 309 g/mol. The third kappa shape index (κ3) is 6.67. The monoisotopic (exact) mass is 309 g/mol. The Morgan fingerprint density at radius 1 is 1.29 bits per heavy atom. The molecule has 0 bridgehead atoms. The summed E-state index contributed by atoms with van der Waals surface area (Å²) in [6, 6.07) is 9.29. The van der Waals surface area contributed by atoms with Gasteiger partial charge in [-0.3, -0.25) is 4.79 Å². The molecule has 0 saturated heterocycles. The molecular weight excluding hydrogens is 286 g/mol. The first-order valence-electron chi connectivity index (χ1n) is 7.18. The van der Waals surface area contributed by atoms with Crippen LogP contribution in [0.15, 0.2) is 30.3 Å². The highest BCUT2D eigenvalue weighted by Gasteiger charge is 2.24. The van der Waals surface area contributed by atoms with Crippen molar-refractivity contribution < 1.29 is 14.7 Å². The van der Waals surface area contributed by atoms with Crippen molar-refractivity contribution in [3.63, 3.8) is 0 Å². The Hall–Kier alpha value is -1.49. The molecular formula is C16H23NO3S. The first kappa shape index (κ1) is 17.6. The van der Waals surface area contributed by atoms with Gasteiger partial charge >= 0.3 is 5.97 Å². The third-order valence-electron chi connectivity index (χ3n) is 3.41. The fourth-order valence-electron chi connectivity index (χ4n) is 1.90. The number of benzene rings is 1. The van der Waals surface area contributed by atoms with Crippen LogP contribution in [0.4, 0.5) is 0 Å². The van der Waals surface area contributed by atoms with Gasteiger partial charge in [-0.1, -0.05) is 50.6 Å². The van der Waals surface area contributed by atoms with Crippen LogP contribution in [0.2, 0.25) is 0 Å². The van der Waals surface area contributed by atoms with Gasteiger partial charge < -0.3 is 10.4 Å². The summed E-state index contributed by atoms with van der Waals surface area (Å²) >= 11 is 1.52. The highest BCUT2D eigenvalue weighted by Crippen LogP contribution is 2.10. The molecule has 2 N–H and O–H groups in total. The van der Waals surface area contributed by atoms with Crippen molar-refractivity contribution in [2.24, 2.45) is 5.92 Å². The molecule has 0 fully saturated rings. The molecule has 116 valence electrons. The second-order valence-corrected chi connectivity index (χ2v) is 6.16. The summed E-state index contributed by atoms with van der Waals surface area (Å²) in [4.78, 5) is 22.9. The van der Waals surface area contributed by atoms with Crippen LogP contribution in [-0.4, -0.2) is 34.5 Å². The number of hydrogen-bond acceptors (Lipinski definition) is 3. The van der Waals surface area contributed by atoms with E-state index in [9.17, 15) is 9.59 Å². The van der Waals surface area contributed by atoms with Crippen LogP contribution in [-0.2, 0) is 16.0 Å². The number of nitrogens with one attached hydrogen (secondary N) is 1. The zero-order valence-corrected chi connectivity index (χ0v) is 13.4. The first-order valence-corrected chi connectivity index (χ1v) is 8.34. The van der Waals surface area contributed by atoms with Crippen LogP contribution in [0.5, 0.6) is 0 Å². The maximum atomic E-state index is 11.8. The van der Waals surface area contributed by atoms with Crippen LogP contribution < -0.4 is 5.32 Å². The van der Waals surface area contributed by atoms with E-state index in [-0.39, 0.29) is 11.8 Å². The van der Waals surface area contributed by atoms with Gasteiger partial charge in [0, 0.05) is 0 Å². The normalized spacial score (nSPS) is 13.4. The topological polar surface area (TPSA) is 66.4 Å².